The fourth-order valence-electron chi connectivity index (χ4n) is 3.61. The summed E-state index contributed by atoms with van der Waals surface area (Å²) in [4.78, 5) is 15.6. The Kier molecular flexibility index (Phi) is 5.04. The minimum atomic E-state index is -4.49. The predicted octanol–water partition coefficient (Wildman–Crippen LogP) is 4.99. The highest BCUT2D eigenvalue weighted by molar-refractivity contribution is 5.94. The number of carbonyl (C=O) groups excluding carboxylic acids is 1. The summed E-state index contributed by atoms with van der Waals surface area (Å²) in [7, 11) is 0. The molecule has 0 aliphatic carbocycles. The fraction of sp³-hybridized carbons (Fsp3) is 0.227. The lowest BCUT2D eigenvalue weighted by atomic mass is 9.95. The second-order valence-electron chi connectivity index (χ2n) is 7.53. The van der Waals surface area contributed by atoms with Crippen LogP contribution in [0.5, 0.6) is 0 Å². The summed E-state index contributed by atoms with van der Waals surface area (Å²) in [6, 6.07) is 11.2. The second kappa shape index (κ2) is 7.57. The highest BCUT2D eigenvalue weighted by Gasteiger charge is 2.34. The number of hydrogen-bond donors (Lipinski definition) is 1. The van der Waals surface area contributed by atoms with Gasteiger partial charge in [0.05, 0.1) is 5.56 Å². The van der Waals surface area contributed by atoms with Crippen LogP contribution in [0, 0.1) is 0 Å². The molecule has 0 saturated heterocycles. The number of fused-ring (bicyclic) bond motifs is 1. The van der Waals surface area contributed by atoms with Crippen molar-refractivity contribution >= 4 is 16.8 Å². The molecule has 9 heteroatoms. The standard InChI is InChI=1S/C22H19F3N4O2/c1-12(2)14-7-6-13(10-17(14)22(23,24)25)21-27-20(28-31-21)16-4-3-5-18-15(16)8-9-29(18)11-19(26)30/h3-10,12H,11H2,1-2H3,(H2,26,30). The largest absolute Gasteiger partial charge is 0.416 e. The maximum atomic E-state index is 13.5. The average Bonchev–Trinajstić information content (AvgIpc) is 3.34. The smallest absolute Gasteiger partial charge is 0.368 e. The molecule has 4 rings (SSSR count). The summed E-state index contributed by atoms with van der Waals surface area (Å²) in [6.45, 7) is 3.44. The number of alkyl halides is 3. The van der Waals surface area contributed by atoms with E-state index in [1.54, 1.807) is 48.9 Å². The van der Waals surface area contributed by atoms with Crippen molar-refractivity contribution in [2.75, 3.05) is 0 Å². The van der Waals surface area contributed by atoms with Crippen LogP contribution in [0.15, 0.2) is 53.2 Å². The van der Waals surface area contributed by atoms with E-state index in [1.807, 2.05) is 6.07 Å². The molecule has 2 aromatic heterocycles. The van der Waals surface area contributed by atoms with Crippen molar-refractivity contribution in [2.24, 2.45) is 5.73 Å². The maximum Gasteiger partial charge on any atom is 0.416 e. The lowest BCUT2D eigenvalue weighted by molar-refractivity contribution is -0.138. The zero-order chi connectivity index (χ0) is 22.3. The molecular weight excluding hydrogens is 409 g/mol. The van der Waals surface area contributed by atoms with Crippen LogP contribution in [-0.2, 0) is 17.5 Å². The quantitative estimate of drug-likeness (QED) is 0.485. The molecule has 6 nitrogen and oxygen atoms in total. The Bertz CT molecular complexity index is 1270. The highest BCUT2D eigenvalue weighted by atomic mass is 19.4. The van der Waals surface area contributed by atoms with E-state index >= 15 is 0 Å². The van der Waals surface area contributed by atoms with Gasteiger partial charge in [-0.15, -0.1) is 0 Å². The van der Waals surface area contributed by atoms with E-state index in [0.29, 0.717) is 5.56 Å². The minimum Gasteiger partial charge on any atom is -0.368 e. The van der Waals surface area contributed by atoms with Crippen molar-refractivity contribution in [3.05, 3.63) is 59.8 Å². The van der Waals surface area contributed by atoms with E-state index in [4.69, 9.17) is 10.3 Å². The Morgan fingerprint density at radius 3 is 2.65 bits per heavy atom. The van der Waals surface area contributed by atoms with Crippen molar-refractivity contribution in [1.29, 1.82) is 0 Å². The van der Waals surface area contributed by atoms with Crippen LogP contribution in [0.1, 0.15) is 30.9 Å². The fourth-order valence-corrected chi connectivity index (χ4v) is 3.61. The molecule has 0 radical (unpaired) electrons. The van der Waals surface area contributed by atoms with Crippen molar-refractivity contribution in [1.82, 2.24) is 14.7 Å². The molecule has 0 atom stereocenters. The molecule has 0 spiro atoms. The van der Waals surface area contributed by atoms with Gasteiger partial charge in [0.1, 0.15) is 6.54 Å². The van der Waals surface area contributed by atoms with Gasteiger partial charge in [-0.05, 0) is 35.7 Å². The van der Waals surface area contributed by atoms with Crippen molar-refractivity contribution < 1.29 is 22.5 Å². The predicted molar refractivity (Wildman–Crippen MR) is 109 cm³/mol. The minimum absolute atomic E-state index is 0.00984. The molecule has 0 bridgehead atoms. The van der Waals surface area contributed by atoms with Crippen LogP contribution in [0.2, 0.25) is 0 Å². The van der Waals surface area contributed by atoms with Gasteiger partial charge in [-0.1, -0.05) is 37.2 Å². The van der Waals surface area contributed by atoms with Crippen LogP contribution < -0.4 is 5.73 Å². The molecule has 0 aliphatic rings. The molecule has 0 unspecified atom stereocenters. The summed E-state index contributed by atoms with van der Waals surface area (Å²) in [5, 5.41) is 4.73. The molecule has 2 heterocycles. The Morgan fingerprint density at radius 1 is 1.19 bits per heavy atom. The number of benzene rings is 2. The summed E-state index contributed by atoms with van der Waals surface area (Å²) in [5.74, 6) is -0.538. The van der Waals surface area contributed by atoms with Gasteiger partial charge in [0.15, 0.2) is 0 Å². The van der Waals surface area contributed by atoms with E-state index in [0.717, 1.165) is 17.0 Å². The van der Waals surface area contributed by atoms with E-state index < -0.39 is 17.6 Å². The number of nitrogens with zero attached hydrogens (tertiary/aromatic N) is 3. The zero-order valence-corrected chi connectivity index (χ0v) is 16.8. The monoisotopic (exact) mass is 428 g/mol. The number of amides is 1. The lowest BCUT2D eigenvalue weighted by Gasteiger charge is -2.16. The third-order valence-electron chi connectivity index (χ3n) is 5.03. The molecular formula is C22H19F3N4O2. The first-order chi connectivity index (χ1) is 14.6. The first-order valence-electron chi connectivity index (χ1n) is 9.57. The SMILES string of the molecule is CC(C)c1ccc(-c2nc(-c3cccc4c3ccn4CC(N)=O)no2)cc1C(F)(F)F. The van der Waals surface area contributed by atoms with Gasteiger partial charge in [0, 0.05) is 28.2 Å². The zero-order valence-electron chi connectivity index (χ0n) is 16.8. The molecule has 31 heavy (non-hydrogen) atoms. The molecule has 160 valence electrons. The molecule has 2 aromatic carbocycles. The van der Waals surface area contributed by atoms with E-state index in [9.17, 15) is 18.0 Å². The Labute approximate surface area is 175 Å². The van der Waals surface area contributed by atoms with Crippen LogP contribution in [-0.4, -0.2) is 20.6 Å². The molecule has 0 fully saturated rings. The van der Waals surface area contributed by atoms with Crippen molar-refractivity contribution in [3.8, 4) is 22.8 Å². The van der Waals surface area contributed by atoms with Crippen LogP contribution in [0.4, 0.5) is 13.2 Å². The number of nitrogens with two attached hydrogens (primary N) is 1. The first-order valence-corrected chi connectivity index (χ1v) is 9.57. The van der Waals surface area contributed by atoms with Gasteiger partial charge in [0.25, 0.3) is 5.89 Å². The number of hydrogen-bond acceptors (Lipinski definition) is 4. The maximum absolute atomic E-state index is 13.5. The third kappa shape index (κ3) is 3.90. The Hall–Kier alpha value is -3.62. The van der Waals surface area contributed by atoms with Gasteiger partial charge >= 0.3 is 6.18 Å². The summed E-state index contributed by atoms with van der Waals surface area (Å²) < 4.78 is 47.6. The molecule has 0 saturated carbocycles. The average molecular weight is 428 g/mol. The number of primary amides is 1. The lowest BCUT2D eigenvalue weighted by Crippen LogP contribution is -2.17. The summed E-state index contributed by atoms with van der Waals surface area (Å²) in [6.07, 6.45) is -2.77. The van der Waals surface area contributed by atoms with Gasteiger partial charge in [-0.2, -0.15) is 18.2 Å². The topological polar surface area (TPSA) is 86.9 Å². The van der Waals surface area contributed by atoms with Crippen LogP contribution in [0.3, 0.4) is 0 Å². The van der Waals surface area contributed by atoms with Crippen LogP contribution in [0.25, 0.3) is 33.7 Å². The Balaban J connectivity index is 1.76. The molecule has 4 aromatic rings. The van der Waals surface area contributed by atoms with Gasteiger partial charge in [0.2, 0.25) is 11.7 Å². The van der Waals surface area contributed by atoms with Gasteiger partial charge in [-0.3, -0.25) is 4.79 Å². The number of rotatable bonds is 5. The normalized spacial score (nSPS) is 12.1. The van der Waals surface area contributed by atoms with Gasteiger partial charge < -0.3 is 14.8 Å². The Morgan fingerprint density at radius 2 is 1.97 bits per heavy atom. The van der Waals surface area contributed by atoms with E-state index in [-0.39, 0.29) is 35.3 Å². The summed E-state index contributed by atoms with van der Waals surface area (Å²) in [5.41, 5.74) is 6.34. The van der Waals surface area contributed by atoms with Crippen molar-refractivity contribution in [2.45, 2.75) is 32.5 Å². The summed E-state index contributed by atoms with van der Waals surface area (Å²) >= 11 is 0. The van der Waals surface area contributed by atoms with E-state index in [1.165, 1.54) is 6.07 Å². The second-order valence-corrected chi connectivity index (χ2v) is 7.53. The molecule has 0 aliphatic heterocycles. The molecule has 1 amide bonds. The highest BCUT2D eigenvalue weighted by Crippen LogP contribution is 2.38. The first kappa shape index (κ1) is 20.6. The van der Waals surface area contributed by atoms with Gasteiger partial charge in [-0.25, -0.2) is 0 Å². The number of halogens is 3. The molecule has 2 N–H and O–H groups in total. The number of aromatic nitrogens is 3. The third-order valence-corrected chi connectivity index (χ3v) is 5.03. The van der Waals surface area contributed by atoms with E-state index in [2.05, 4.69) is 10.1 Å². The van der Waals surface area contributed by atoms with Crippen molar-refractivity contribution in [3.63, 3.8) is 0 Å². The number of carbonyl (C=O) groups is 1. The van der Waals surface area contributed by atoms with Crippen LogP contribution >= 0.6 is 0 Å².